The highest BCUT2D eigenvalue weighted by molar-refractivity contribution is 7.17. The lowest BCUT2D eigenvalue weighted by molar-refractivity contribution is -0.126. The molecule has 6 heteroatoms. The number of likely N-dealkylation sites (tertiary alicyclic amines) is 1. The number of carbonyl (C=O) groups excluding carboxylic acids is 2. The van der Waals surface area contributed by atoms with Gasteiger partial charge < -0.3 is 15.0 Å². The SMILES string of the molecule is CCOc1cc(-c2ccccc2)sc1C(=O)N1CCC(NC(=O)C2CCCCC2)CC1. The van der Waals surface area contributed by atoms with Crippen LogP contribution in [0, 0.1) is 5.92 Å². The Kier molecular flexibility index (Phi) is 7.28. The third kappa shape index (κ3) is 5.29. The molecule has 2 heterocycles. The van der Waals surface area contributed by atoms with Crippen LogP contribution in [0.15, 0.2) is 36.4 Å². The number of thiophene rings is 1. The van der Waals surface area contributed by atoms with E-state index in [2.05, 4.69) is 17.4 Å². The molecular formula is C25H32N2O3S. The average Bonchev–Trinajstić information content (AvgIpc) is 3.24. The number of carbonyl (C=O) groups is 2. The highest BCUT2D eigenvalue weighted by atomic mass is 32.1. The maximum absolute atomic E-state index is 13.3. The first-order chi connectivity index (χ1) is 15.2. The maximum Gasteiger partial charge on any atom is 0.267 e. The fraction of sp³-hybridized carbons (Fsp3) is 0.520. The molecule has 2 amide bonds. The van der Waals surface area contributed by atoms with Gasteiger partial charge >= 0.3 is 0 Å². The summed E-state index contributed by atoms with van der Waals surface area (Å²) < 4.78 is 5.80. The molecular weight excluding hydrogens is 408 g/mol. The minimum absolute atomic E-state index is 0.0349. The Morgan fingerprint density at radius 1 is 1.06 bits per heavy atom. The molecule has 166 valence electrons. The van der Waals surface area contributed by atoms with Crippen molar-refractivity contribution >= 4 is 23.2 Å². The molecule has 1 aliphatic carbocycles. The molecule has 4 rings (SSSR count). The molecule has 1 saturated heterocycles. The quantitative estimate of drug-likeness (QED) is 0.679. The number of rotatable bonds is 6. The second-order valence-electron chi connectivity index (χ2n) is 8.51. The Balaban J connectivity index is 1.38. The van der Waals surface area contributed by atoms with Gasteiger partial charge in [-0.1, -0.05) is 49.6 Å². The molecule has 0 spiro atoms. The molecule has 31 heavy (non-hydrogen) atoms. The van der Waals surface area contributed by atoms with Gasteiger partial charge in [-0.05, 0) is 44.2 Å². The molecule has 0 bridgehead atoms. The summed E-state index contributed by atoms with van der Waals surface area (Å²) in [7, 11) is 0. The zero-order valence-corrected chi connectivity index (χ0v) is 19.1. The molecule has 2 fully saturated rings. The van der Waals surface area contributed by atoms with E-state index in [-0.39, 0.29) is 23.8 Å². The molecule has 1 N–H and O–H groups in total. The summed E-state index contributed by atoms with van der Waals surface area (Å²) in [6, 6.07) is 12.3. The van der Waals surface area contributed by atoms with Crippen LogP contribution in [0.5, 0.6) is 5.75 Å². The fourth-order valence-corrected chi connectivity index (χ4v) is 5.66. The molecule has 2 aromatic rings. The lowest BCUT2D eigenvalue weighted by Crippen LogP contribution is -2.48. The maximum atomic E-state index is 13.3. The second-order valence-corrected chi connectivity index (χ2v) is 9.57. The lowest BCUT2D eigenvalue weighted by atomic mass is 9.88. The smallest absolute Gasteiger partial charge is 0.267 e. The summed E-state index contributed by atoms with van der Waals surface area (Å²) in [4.78, 5) is 29.5. The van der Waals surface area contributed by atoms with Crippen LogP contribution in [0.2, 0.25) is 0 Å². The van der Waals surface area contributed by atoms with Crippen LogP contribution in [0.25, 0.3) is 10.4 Å². The molecule has 1 aromatic heterocycles. The lowest BCUT2D eigenvalue weighted by Gasteiger charge is -2.33. The zero-order chi connectivity index (χ0) is 21.6. The van der Waals surface area contributed by atoms with Crippen LogP contribution in [-0.4, -0.2) is 42.5 Å². The molecule has 5 nitrogen and oxygen atoms in total. The third-order valence-electron chi connectivity index (χ3n) is 6.35. The van der Waals surface area contributed by atoms with E-state index in [9.17, 15) is 9.59 Å². The summed E-state index contributed by atoms with van der Waals surface area (Å²) >= 11 is 1.50. The van der Waals surface area contributed by atoms with Crippen LogP contribution in [0.1, 0.15) is 61.5 Å². The van der Waals surface area contributed by atoms with Gasteiger partial charge in [0, 0.05) is 29.9 Å². The summed E-state index contributed by atoms with van der Waals surface area (Å²) in [5.41, 5.74) is 1.09. The van der Waals surface area contributed by atoms with Crippen molar-refractivity contribution in [3.8, 4) is 16.2 Å². The number of hydrogen-bond acceptors (Lipinski definition) is 4. The van der Waals surface area contributed by atoms with Crippen LogP contribution in [-0.2, 0) is 4.79 Å². The van der Waals surface area contributed by atoms with Crippen molar-refractivity contribution in [2.75, 3.05) is 19.7 Å². The normalized spacial score (nSPS) is 18.0. The molecule has 1 saturated carbocycles. The molecule has 2 aliphatic rings. The van der Waals surface area contributed by atoms with Gasteiger partial charge in [0.15, 0.2) is 0 Å². The van der Waals surface area contributed by atoms with Gasteiger partial charge in [0.2, 0.25) is 5.91 Å². The third-order valence-corrected chi connectivity index (χ3v) is 7.51. The highest BCUT2D eigenvalue weighted by Crippen LogP contribution is 2.37. The average molecular weight is 441 g/mol. The van der Waals surface area contributed by atoms with Crippen molar-refractivity contribution in [2.24, 2.45) is 5.92 Å². The van der Waals surface area contributed by atoms with Crippen LogP contribution >= 0.6 is 11.3 Å². The number of amides is 2. The van der Waals surface area contributed by atoms with E-state index in [1.165, 1.54) is 30.6 Å². The van der Waals surface area contributed by atoms with E-state index in [1.54, 1.807) is 0 Å². The van der Waals surface area contributed by atoms with Crippen LogP contribution in [0.3, 0.4) is 0 Å². The van der Waals surface area contributed by atoms with Crippen LogP contribution < -0.4 is 10.1 Å². The van der Waals surface area contributed by atoms with E-state index < -0.39 is 0 Å². The number of benzene rings is 1. The molecule has 0 unspecified atom stereocenters. The van der Waals surface area contributed by atoms with Crippen molar-refractivity contribution in [3.63, 3.8) is 0 Å². The Morgan fingerprint density at radius 3 is 2.45 bits per heavy atom. The first-order valence-corrected chi connectivity index (χ1v) is 12.4. The summed E-state index contributed by atoms with van der Waals surface area (Å²) in [6.07, 6.45) is 7.24. The van der Waals surface area contributed by atoms with Crippen molar-refractivity contribution in [1.29, 1.82) is 0 Å². The van der Waals surface area contributed by atoms with Crippen molar-refractivity contribution in [2.45, 2.75) is 57.9 Å². The number of piperidine rings is 1. The largest absolute Gasteiger partial charge is 0.492 e. The van der Waals surface area contributed by atoms with Gasteiger partial charge in [0.25, 0.3) is 5.91 Å². The summed E-state index contributed by atoms with van der Waals surface area (Å²) in [5.74, 6) is 1.11. The highest BCUT2D eigenvalue weighted by Gasteiger charge is 2.29. The molecule has 0 radical (unpaired) electrons. The van der Waals surface area contributed by atoms with Crippen molar-refractivity contribution in [1.82, 2.24) is 10.2 Å². The summed E-state index contributed by atoms with van der Waals surface area (Å²) in [5, 5.41) is 3.25. The Bertz CT molecular complexity index is 881. The summed E-state index contributed by atoms with van der Waals surface area (Å²) in [6.45, 7) is 3.80. The van der Waals surface area contributed by atoms with Crippen LogP contribution in [0.4, 0.5) is 0 Å². The molecule has 1 aliphatic heterocycles. The number of nitrogens with zero attached hydrogens (tertiary/aromatic N) is 1. The zero-order valence-electron chi connectivity index (χ0n) is 18.3. The fourth-order valence-electron chi connectivity index (χ4n) is 4.59. The van der Waals surface area contributed by atoms with E-state index in [0.29, 0.717) is 30.3 Å². The van der Waals surface area contributed by atoms with E-state index in [1.807, 2.05) is 36.1 Å². The molecule has 0 atom stereocenters. The predicted octanol–water partition coefficient (Wildman–Crippen LogP) is 5.11. The minimum atomic E-state index is 0.0349. The Morgan fingerprint density at radius 2 is 1.77 bits per heavy atom. The topological polar surface area (TPSA) is 58.6 Å². The minimum Gasteiger partial charge on any atom is -0.492 e. The molecule has 1 aromatic carbocycles. The van der Waals surface area contributed by atoms with E-state index in [0.717, 1.165) is 36.1 Å². The van der Waals surface area contributed by atoms with Gasteiger partial charge in [0.05, 0.1) is 6.61 Å². The van der Waals surface area contributed by atoms with Gasteiger partial charge in [-0.2, -0.15) is 0 Å². The van der Waals surface area contributed by atoms with E-state index >= 15 is 0 Å². The van der Waals surface area contributed by atoms with E-state index in [4.69, 9.17) is 4.74 Å². The van der Waals surface area contributed by atoms with Crippen molar-refractivity contribution < 1.29 is 14.3 Å². The predicted molar refractivity (Wildman–Crippen MR) is 125 cm³/mol. The second kappa shape index (κ2) is 10.3. The van der Waals surface area contributed by atoms with Crippen molar-refractivity contribution in [3.05, 3.63) is 41.3 Å². The number of ether oxygens (including phenoxy) is 1. The monoisotopic (exact) mass is 440 g/mol. The Labute approximate surface area is 188 Å². The van der Waals surface area contributed by atoms with Gasteiger partial charge in [-0.15, -0.1) is 11.3 Å². The first kappa shape index (κ1) is 21.9. The van der Waals surface area contributed by atoms with Gasteiger partial charge in [-0.3, -0.25) is 9.59 Å². The number of nitrogens with one attached hydrogen (secondary N) is 1. The first-order valence-electron chi connectivity index (χ1n) is 11.6. The standard InChI is InChI=1S/C25H32N2O3S/c1-2-30-21-17-22(18-9-5-3-6-10-18)31-23(21)25(29)27-15-13-20(14-16-27)26-24(28)19-11-7-4-8-12-19/h3,5-6,9-10,17,19-20H,2,4,7-8,11-16H2,1H3,(H,26,28). The Hall–Kier alpha value is -2.34. The number of hydrogen-bond donors (Lipinski definition) is 1. The van der Waals surface area contributed by atoms with Gasteiger partial charge in [0.1, 0.15) is 10.6 Å². The van der Waals surface area contributed by atoms with Gasteiger partial charge in [-0.25, -0.2) is 0 Å².